The van der Waals surface area contributed by atoms with Crippen LogP contribution in [0, 0.1) is 0 Å². The van der Waals surface area contributed by atoms with E-state index in [0.717, 1.165) is 0 Å². The minimum atomic E-state index is -2.98. The molecule has 0 spiro atoms. The molecule has 2 rings (SSSR count). The number of hydrogen-bond acceptors (Lipinski definition) is 4. The van der Waals surface area contributed by atoms with Gasteiger partial charge in [-0.1, -0.05) is 48.0 Å². The van der Waals surface area contributed by atoms with Crippen LogP contribution in [-0.2, 0) is 14.3 Å². The summed E-state index contributed by atoms with van der Waals surface area (Å²) < 4.78 is 34.7. The quantitative estimate of drug-likeness (QED) is 0.435. The van der Waals surface area contributed by atoms with Gasteiger partial charge >= 0.3 is 12.6 Å². The summed E-state index contributed by atoms with van der Waals surface area (Å²) in [5.74, 6) is -1.08. The first-order valence-electron chi connectivity index (χ1n) is 9.22. The zero-order valence-electron chi connectivity index (χ0n) is 16.5. The van der Waals surface area contributed by atoms with E-state index >= 15 is 0 Å². The summed E-state index contributed by atoms with van der Waals surface area (Å²) in [6.45, 7) is 0.468. The van der Waals surface area contributed by atoms with E-state index in [9.17, 15) is 18.4 Å². The molecule has 0 aliphatic rings. The molecule has 1 N–H and O–H groups in total. The van der Waals surface area contributed by atoms with E-state index in [-0.39, 0.29) is 18.3 Å². The Balaban J connectivity index is 2.17. The number of nitrogens with one attached hydrogen (secondary N) is 1. The van der Waals surface area contributed by atoms with Gasteiger partial charge in [-0.25, -0.2) is 0 Å². The van der Waals surface area contributed by atoms with Crippen molar-refractivity contribution in [2.75, 3.05) is 0 Å². The summed E-state index contributed by atoms with van der Waals surface area (Å²) in [5, 5.41) is 3.10. The number of carbonyl (C=O) groups is 2. The van der Waals surface area contributed by atoms with Crippen LogP contribution in [0.2, 0.25) is 5.02 Å². The average Bonchev–Trinajstić information content (AvgIpc) is 2.66. The van der Waals surface area contributed by atoms with Gasteiger partial charge in [0.05, 0.1) is 18.6 Å². The number of esters is 1. The first-order valence-corrected chi connectivity index (χ1v) is 9.60. The molecule has 2 aromatic rings. The van der Waals surface area contributed by atoms with Gasteiger partial charge in [0.15, 0.2) is 0 Å². The lowest BCUT2D eigenvalue weighted by atomic mass is 10.0. The molecule has 0 fully saturated rings. The molecule has 1 amide bonds. The number of ether oxygens (including phenoxy) is 2. The van der Waals surface area contributed by atoms with Crippen LogP contribution in [-0.4, -0.2) is 24.6 Å². The number of rotatable bonds is 9. The van der Waals surface area contributed by atoms with Crippen LogP contribution in [0.25, 0.3) is 6.08 Å². The Morgan fingerprint density at radius 1 is 1.10 bits per heavy atom. The number of para-hydroxylation sites is 1. The molecule has 0 radical (unpaired) electrons. The maximum Gasteiger partial charge on any atom is 0.387 e. The van der Waals surface area contributed by atoms with Crippen molar-refractivity contribution < 1.29 is 27.8 Å². The highest BCUT2D eigenvalue weighted by Gasteiger charge is 2.21. The predicted molar refractivity (Wildman–Crippen MR) is 110 cm³/mol. The van der Waals surface area contributed by atoms with Crippen LogP contribution < -0.4 is 10.1 Å². The molecule has 8 heteroatoms. The van der Waals surface area contributed by atoms with Crippen LogP contribution in [0.1, 0.15) is 37.4 Å². The molecule has 0 saturated heterocycles. The summed E-state index contributed by atoms with van der Waals surface area (Å²) in [5.41, 5.74) is 0.865. The first-order chi connectivity index (χ1) is 14.3. The zero-order chi connectivity index (χ0) is 22.1. The van der Waals surface area contributed by atoms with Crippen molar-refractivity contribution in [1.82, 2.24) is 5.32 Å². The Morgan fingerprint density at radius 3 is 2.43 bits per heavy atom. The van der Waals surface area contributed by atoms with E-state index in [4.69, 9.17) is 16.3 Å². The molecule has 0 aliphatic heterocycles. The van der Waals surface area contributed by atoms with E-state index < -0.39 is 24.5 Å². The van der Waals surface area contributed by atoms with Gasteiger partial charge < -0.3 is 14.8 Å². The van der Waals surface area contributed by atoms with Gasteiger partial charge in [0, 0.05) is 16.7 Å². The second kappa shape index (κ2) is 11.3. The third-order valence-electron chi connectivity index (χ3n) is 3.88. The third-order valence-corrected chi connectivity index (χ3v) is 4.23. The molecule has 0 heterocycles. The fourth-order valence-corrected chi connectivity index (χ4v) is 2.95. The van der Waals surface area contributed by atoms with Crippen molar-refractivity contribution in [3.05, 3.63) is 70.8 Å². The van der Waals surface area contributed by atoms with E-state index in [0.29, 0.717) is 16.1 Å². The van der Waals surface area contributed by atoms with Crippen molar-refractivity contribution in [3.63, 3.8) is 0 Å². The summed E-state index contributed by atoms with van der Waals surface area (Å²) in [6, 6.07) is 12.2. The molecule has 1 atom stereocenters. The molecule has 0 bridgehead atoms. The van der Waals surface area contributed by atoms with E-state index in [1.54, 1.807) is 50.2 Å². The number of carbonyl (C=O) groups excluding carboxylic acids is 2. The number of amides is 1. The highest BCUT2D eigenvalue weighted by Crippen LogP contribution is 2.26. The number of alkyl halides is 2. The summed E-state index contributed by atoms with van der Waals surface area (Å²) >= 11 is 6.22. The fourth-order valence-electron chi connectivity index (χ4n) is 2.68. The van der Waals surface area contributed by atoms with Gasteiger partial charge in [-0.15, -0.1) is 0 Å². The van der Waals surface area contributed by atoms with Crippen LogP contribution in [0.3, 0.4) is 0 Å². The average molecular weight is 438 g/mol. The van der Waals surface area contributed by atoms with Crippen LogP contribution in [0.5, 0.6) is 5.75 Å². The van der Waals surface area contributed by atoms with Crippen LogP contribution in [0.15, 0.2) is 54.6 Å². The molecular weight excluding hydrogens is 416 g/mol. The number of halogens is 3. The van der Waals surface area contributed by atoms with Gasteiger partial charge in [-0.2, -0.15) is 8.78 Å². The highest BCUT2D eigenvalue weighted by molar-refractivity contribution is 6.31. The Morgan fingerprint density at radius 2 is 1.77 bits per heavy atom. The minimum Gasteiger partial charge on any atom is -0.463 e. The maximum absolute atomic E-state index is 12.5. The summed E-state index contributed by atoms with van der Waals surface area (Å²) in [7, 11) is 0. The standard InChI is InChI=1S/C22H22ClF2NO4/c1-14(2)29-21(28)13-18(16-8-4-5-9-17(16)23)26-20(27)12-11-15-7-3-6-10-19(15)30-22(24)25/h3-12,14,18,22H,13H2,1-2H3,(H,26,27)/b12-11+. The second-order valence-corrected chi connectivity index (χ2v) is 6.98. The summed E-state index contributed by atoms with van der Waals surface area (Å²) in [6.07, 6.45) is 2.10. The monoisotopic (exact) mass is 437 g/mol. The molecular formula is C22H22ClF2NO4. The topological polar surface area (TPSA) is 64.6 Å². The van der Waals surface area contributed by atoms with E-state index in [1.165, 1.54) is 24.3 Å². The molecule has 0 aromatic heterocycles. The fraction of sp³-hybridized carbons (Fsp3) is 0.273. The smallest absolute Gasteiger partial charge is 0.387 e. The van der Waals surface area contributed by atoms with Gasteiger partial charge in [0.25, 0.3) is 0 Å². The Bertz CT molecular complexity index is 902. The molecule has 5 nitrogen and oxygen atoms in total. The molecule has 0 saturated carbocycles. The molecule has 0 aliphatic carbocycles. The van der Waals surface area contributed by atoms with Crippen LogP contribution in [0.4, 0.5) is 8.78 Å². The molecule has 160 valence electrons. The lowest BCUT2D eigenvalue weighted by molar-refractivity contribution is -0.148. The van der Waals surface area contributed by atoms with E-state index in [2.05, 4.69) is 10.1 Å². The minimum absolute atomic E-state index is 0.0558. The van der Waals surface area contributed by atoms with Crippen molar-refractivity contribution in [2.24, 2.45) is 0 Å². The Labute approximate surface area is 178 Å². The van der Waals surface area contributed by atoms with Crippen molar-refractivity contribution in [2.45, 2.75) is 39.0 Å². The van der Waals surface area contributed by atoms with Gasteiger partial charge in [-0.05, 0) is 37.6 Å². The predicted octanol–water partition coefficient (Wildman–Crippen LogP) is 5.15. The van der Waals surface area contributed by atoms with Crippen molar-refractivity contribution >= 4 is 29.6 Å². The highest BCUT2D eigenvalue weighted by atomic mass is 35.5. The number of hydrogen-bond donors (Lipinski definition) is 1. The van der Waals surface area contributed by atoms with Gasteiger partial charge in [-0.3, -0.25) is 9.59 Å². The van der Waals surface area contributed by atoms with Crippen molar-refractivity contribution in [1.29, 1.82) is 0 Å². The van der Waals surface area contributed by atoms with E-state index in [1.807, 2.05) is 0 Å². The Kier molecular flexibility index (Phi) is 8.80. The third kappa shape index (κ3) is 7.48. The Hall–Kier alpha value is -2.93. The van der Waals surface area contributed by atoms with Crippen LogP contribution >= 0.6 is 11.6 Å². The largest absolute Gasteiger partial charge is 0.463 e. The SMILES string of the molecule is CC(C)OC(=O)CC(NC(=O)/C=C/c1ccccc1OC(F)F)c1ccccc1Cl. The maximum atomic E-state index is 12.5. The van der Waals surface area contributed by atoms with Gasteiger partial charge in [0.2, 0.25) is 5.91 Å². The molecule has 2 aromatic carbocycles. The molecule has 1 unspecified atom stereocenters. The lowest BCUT2D eigenvalue weighted by Crippen LogP contribution is -2.30. The zero-order valence-corrected chi connectivity index (χ0v) is 17.2. The number of benzene rings is 2. The van der Waals surface area contributed by atoms with Gasteiger partial charge in [0.1, 0.15) is 5.75 Å². The van der Waals surface area contributed by atoms with Crippen molar-refractivity contribution in [3.8, 4) is 5.75 Å². The summed E-state index contributed by atoms with van der Waals surface area (Å²) in [4.78, 5) is 24.6. The normalized spacial score (nSPS) is 12.2. The lowest BCUT2D eigenvalue weighted by Gasteiger charge is -2.19. The first kappa shape index (κ1) is 23.3. The molecule has 30 heavy (non-hydrogen) atoms. The second-order valence-electron chi connectivity index (χ2n) is 6.58.